The Kier molecular flexibility index (Phi) is 10.1. The van der Waals surface area contributed by atoms with Crippen molar-refractivity contribution < 1.29 is 13.5 Å². The van der Waals surface area contributed by atoms with Crippen molar-refractivity contribution in [1.29, 1.82) is 0 Å². The fraction of sp³-hybridized carbons (Fsp3) is 0.667. The van der Waals surface area contributed by atoms with Crippen molar-refractivity contribution in [1.82, 2.24) is 0 Å². The lowest BCUT2D eigenvalue weighted by atomic mass is 9.72. The van der Waals surface area contributed by atoms with Crippen LogP contribution in [0.1, 0.15) is 133 Å². The maximum atomic E-state index is 15.3. The molecule has 2 aliphatic carbocycles. The molecule has 2 saturated carbocycles. The van der Waals surface area contributed by atoms with Crippen LogP contribution >= 0.6 is 0 Å². The van der Waals surface area contributed by atoms with Crippen molar-refractivity contribution in [3.8, 4) is 11.1 Å². The van der Waals surface area contributed by atoms with E-state index < -0.39 is 0 Å². The Labute approximate surface area is 236 Å². The van der Waals surface area contributed by atoms with Gasteiger partial charge in [-0.15, -0.1) is 0 Å². The third-order valence-electron chi connectivity index (χ3n) is 10.6. The van der Waals surface area contributed by atoms with E-state index in [-0.39, 0.29) is 17.7 Å². The Morgan fingerprint density at radius 3 is 1.87 bits per heavy atom. The summed E-state index contributed by atoms with van der Waals surface area (Å²) in [6.45, 7) is 5.33. The number of halogens is 2. The largest absolute Gasteiger partial charge is 0.373 e. The molecule has 5 rings (SSSR count). The number of benzene rings is 2. The molecule has 39 heavy (non-hydrogen) atoms. The van der Waals surface area contributed by atoms with Gasteiger partial charge in [0.25, 0.3) is 0 Å². The standard InChI is InChI=1S/C36H50F2O/c1-3-5-6-7-26-10-14-28(15-11-26)31-18-21-36(39-24-31)30-17-20-33(35(38)23-30)32-19-16-29(22-34(32)37)27-12-8-25(4-2)9-13-27/h16-17,19-20,22-23,25-28,31,36H,3-15,18,21,24H2,1-2H3. The SMILES string of the molecule is CCCCCC1CCC(C2CCC(c3ccc(-c4ccc(C5CCC(CC)CC5)cc4F)c(F)c3)OC2)CC1. The summed E-state index contributed by atoms with van der Waals surface area (Å²) in [6.07, 6.45) is 19.0. The number of hydrogen-bond acceptors (Lipinski definition) is 1. The lowest BCUT2D eigenvalue weighted by Crippen LogP contribution is -2.29. The van der Waals surface area contributed by atoms with Crippen LogP contribution in [0.2, 0.25) is 0 Å². The van der Waals surface area contributed by atoms with Crippen molar-refractivity contribution in [2.75, 3.05) is 6.61 Å². The predicted octanol–water partition coefficient (Wildman–Crippen LogP) is 11.2. The van der Waals surface area contributed by atoms with Gasteiger partial charge in [-0.25, -0.2) is 8.78 Å². The Morgan fingerprint density at radius 1 is 0.667 bits per heavy atom. The van der Waals surface area contributed by atoms with Crippen LogP contribution in [0.4, 0.5) is 8.78 Å². The van der Waals surface area contributed by atoms with Gasteiger partial charge in [0, 0.05) is 11.1 Å². The minimum atomic E-state index is -0.352. The van der Waals surface area contributed by atoms with E-state index >= 15 is 8.78 Å². The molecule has 2 unspecified atom stereocenters. The smallest absolute Gasteiger partial charge is 0.131 e. The van der Waals surface area contributed by atoms with E-state index in [2.05, 4.69) is 13.8 Å². The zero-order valence-electron chi connectivity index (χ0n) is 24.4. The van der Waals surface area contributed by atoms with E-state index in [0.717, 1.165) is 61.2 Å². The van der Waals surface area contributed by atoms with Gasteiger partial charge in [-0.3, -0.25) is 0 Å². The van der Waals surface area contributed by atoms with Gasteiger partial charge in [0.15, 0.2) is 0 Å². The predicted molar refractivity (Wildman–Crippen MR) is 158 cm³/mol. The van der Waals surface area contributed by atoms with E-state index in [1.54, 1.807) is 24.3 Å². The van der Waals surface area contributed by atoms with Crippen molar-refractivity contribution >= 4 is 0 Å². The monoisotopic (exact) mass is 536 g/mol. The van der Waals surface area contributed by atoms with E-state index in [9.17, 15) is 0 Å². The minimum Gasteiger partial charge on any atom is -0.373 e. The van der Waals surface area contributed by atoms with Crippen LogP contribution < -0.4 is 0 Å². The molecule has 3 fully saturated rings. The van der Waals surface area contributed by atoms with Gasteiger partial charge in [-0.1, -0.05) is 83.1 Å². The van der Waals surface area contributed by atoms with E-state index in [1.807, 2.05) is 12.1 Å². The van der Waals surface area contributed by atoms with Crippen LogP contribution in [0, 0.1) is 35.3 Å². The summed E-state index contributed by atoms with van der Waals surface area (Å²) in [5.74, 6) is 2.96. The maximum absolute atomic E-state index is 15.3. The first-order valence-electron chi connectivity index (χ1n) is 16.3. The summed E-state index contributed by atoms with van der Waals surface area (Å²) in [5, 5.41) is 0. The second kappa shape index (κ2) is 13.7. The van der Waals surface area contributed by atoms with Crippen LogP contribution in [0.5, 0.6) is 0 Å². The molecule has 3 heteroatoms. The molecule has 1 aliphatic heterocycles. The van der Waals surface area contributed by atoms with Crippen molar-refractivity contribution in [2.24, 2.45) is 23.7 Å². The maximum Gasteiger partial charge on any atom is 0.131 e. The quantitative estimate of drug-likeness (QED) is 0.290. The Morgan fingerprint density at radius 2 is 1.28 bits per heavy atom. The average molecular weight is 537 g/mol. The summed E-state index contributed by atoms with van der Waals surface area (Å²) >= 11 is 0. The fourth-order valence-corrected chi connectivity index (χ4v) is 7.90. The van der Waals surface area contributed by atoms with Crippen LogP contribution in [-0.2, 0) is 4.74 Å². The van der Waals surface area contributed by atoms with Crippen molar-refractivity contribution in [2.45, 2.75) is 122 Å². The lowest BCUT2D eigenvalue weighted by Gasteiger charge is -2.38. The molecule has 1 saturated heterocycles. The van der Waals surface area contributed by atoms with Crippen molar-refractivity contribution in [3.05, 3.63) is 59.2 Å². The number of unbranched alkanes of at least 4 members (excludes halogenated alkanes) is 2. The van der Waals surface area contributed by atoms with E-state index in [4.69, 9.17) is 4.74 Å². The van der Waals surface area contributed by atoms with Gasteiger partial charge in [-0.05, 0) is 104 Å². The Hall–Kier alpha value is -1.74. The summed E-state index contributed by atoms with van der Waals surface area (Å²) in [5.41, 5.74) is 2.67. The van der Waals surface area contributed by atoms with Crippen molar-refractivity contribution in [3.63, 3.8) is 0 Å². The number of ether oxygens (including phenoxy) is 1. The lowest BCUT2D eigenvalue weighted by molar-refractivity contribution is -0.0406. The van der Waals surface area contributed by atoms with Crippen LogP contribution in [0.3, 0.4) is 0 Å². The Balaban J connectivity index is 1.15. The summed E-state index contributed by atoms with van der Waals surface area (Å²) in [4.78, 5) is 0. The molecule has 2 aromatic carbocycles. The van der Waals surface area contributed by atoms with Gasteiger partial charge < -0.3 is 4.74 Å². The third-order valence-corrected chi connectivity index (χ3v) is 10.6. The fourth-order valence-electron chi connectivity index (χ4n) is 7.90. The molecule has 214 valence electrons. The molecule has 2 atom stereocenters. The minimum absolute atomic E-state index is 0.0549. The van der Waals surface area contributed by atoms with E-state index in [1.165, 1.54) is 70.6 Å². The highest BCUT2D eigenvalue weighted by Crippen LogP contribution is 2.42. The highest BCUT2D eigenvalue weighted by atomic mass is 19.1. The summed E-state index contributed by atoms with van der Waals surface area (Å²) in [6, 6.07) is 10.7. The molecule has 1 nitrogen and oxygen atoms in total. The number of rotatable bonds is 9. The molecule has 0 spiro atoms. The molecule has 0 bridgehead atoms. The highest BCUT2D eigenvalue weighted by Gasteiger charge is 2.32. The first kappa shape index (κ1) is 28.8. The normalized spacial score (nSPS) is 29.8. The highest BCUT2D eigenvalue weighted by molar-refractivity contribution is 5.66. The molecule has 2 aromatic rings. The van der Waals surface area contributed by atoms with E-state index in [0.29, 0.717) is 23.0 Å². The molecule has 3 aliphatic rings. The molecular formula is C36H50F2O. The molecule has 0 radical (unpaired) electrons. The van der Waals surface area contributed by atoms with Gasteiger partial charge >= 0.3 is 0 Å². The third kappa shape index (κ3) is 7.13. The first-order valence-corrected chi connectivity index (χ1v) is 16.3. The summed E-state index contributed by atoms with van der Waals surface area (Å²) in [7, 11) is 0. The zero-order chi connectivity index (χ0) is 27.2. The summed E-state index contributed by atoms with van der Waals surface area (Å²) < 4.78 is 36.8. The molecular weight excluding hydrogens is 486 g/mol. The molecule has 0 N–H and O–H groups in total. The van der Waals surface area contributed by atoms with Gasteiger partial charge in [0.1, 0.15) is 11.6 Å². The average Bonchev–Trinajstić information content (AvgIpc) is 2.98. The topological polar surface area (TPSA) is 9.23 Å². The van der Waals surface area contributed by atoms with Gasteiger partial charge in [0.2, 0.25) is 0 Å². The van der Waals surface area contributed by atoms with Gasteiger partial charge in [-0.2, -0.15) is 0 Å². The van der Waals surface area contributed by atoms with Crippen LogP contribution in [0.15, 0.2) is 36.4 Å². The first-order chi connectivity index (χ1) is 19.1. The second-order valence-corrected chi connectivity index (χ2v) is 13.0. The molecule has 0 amide bonds. The van der Waals surface area contributed by atoms with Crippen LogP contribution in [0.25, 0.3) is 11.1 Å². The Bertz CT molecular complexity index is 1040. The number of hydrogen-bond donors (Lipinski definition) is 0. The van der Waals surface area contributed by atoms with Crippen LogP contribution in [-0.4, -0.2) is 6.61 Å². The molecule has 0 aromatic heterocycles. The second-order valence-electron chi connectivity index (χ2n) is 13.0. The van der Waals surface area contributed by atoms with Gasteiger partial charge in [0.05, 0.1) is 12.7 Å². The zero-order valence-corrected chi connectivity index (χ0v) is 24.4. The molecule has 1 heterocycles.